The maximum atomic E-state index is 12.2. The standard InChI is InChI=1S/C28H28N2O2/c1-32-27-23(18-22-14-8-9-15-24(22)30-27)26(21-12-6-3-7-13-21)28(31)16-17-29-25(19-28)20-10-4-2-5-11-20/h2-15,18,25-26,29,31H,16-17,19H2,1H3. The monoisotopic (exact) mass is 424 g/mol. The average molecular weight is 425 g/mol. The van der Waals surface area contributed by atoms with Crippen LogP contribution in [-0.4, -0.2) is 29.3 Å². The topological polar surface area (TPSA) is 54.4 Å². The van der Waals surface area contributed by atoms with E-state index in [1.54, 1.807) is 7.11 Å². The van der Waals surface area contributed by atoms with E-state index in [1.165, 1.54) is 5.56 Å². The van der Waals surface area contributed by atoms with E-state index in [0.717, 1.165) is 28.6 Å². The molecule has 0 amide bonds. The van der Waals surface area contributed by atoms with Gasteiger partial charge in [-0.2, -0.15) is 0 Å². The van der Waals surface area contributed by atoms with Gasteiger partial charge in [-0.15, -0.1) is 0 Å². The molecule has 1 aliphatic heterocycles. The van der Waals surface area contributed by atoms with Gasteiger partial charge < -0.3 is 15.2 Å². The van der Waals surface area contributed by atoms with Crippen molar-refractivity contribution in [2.24, 2.45) is 0 Å². The van der Waals surface area contributed by atoms with Crippen molar-refractivity contribution in [3.05, 3.63) is 108 Å². The van der Waals surface area contributed by atoms with Gasteiger partial charge in [0.2, 0.25) is 5.88 Å². The molecule has 5 rings (SSSR count). The fourth-order valence-electron chi connectivity index (χ4n) is 5.08. The molecule has 1 saturated heterocycles. The third-order valence-corrected chi connectivity index (χ3v) is 6.60. The zero-order chi connectivity index (χ0) is 22.0. The maximum Gasteiger partial charge on any atom is 0.217 e. The van der Waals surface area contributed by atoms with Crippen LogP contribution in [0.2, 0.25) is 0 Å². The molecule has 2 N–H and O–H groups in total. The highest BCUT2D eigenvalue weighted by Crippen LogP contribution is 2.46. The van der Waals surface area contributed by atoms with Gasteiger partial charge in [-0.25, -0.2) is 4.98 Å². The molecule has 1 fully saturated rings. The SMILES string of the molecule is COc1nc2ccccc2cc1C(c1ccccc1)C1(O)CCNC(c2ccccc2)C1. The minimum absolute atomic E-state index is 0.0839. The van der Waals surface area contributed by atoms with E-state index < -0.39 is 5.60 Å². The van der Waals surface area contributed by atoms with Crippen molar-refractivity contribution in [2.45, 2.75) is 30.4 Å². The summed E-state index contributed by atoms with van der Waals surface area (Å²) in [5, 5.41) is 16.9. The second-order valence-corrected chi connectivity index (χ2v) is 8.60. The third kappa shape index (κ3) is 3.88. The van der Waals surface area contributed by atoms with Gasteiger partial charge >= 0.3 is 0 Å². The fraction of sp³-hybridized carbons (Fsp3) is 0.250. The summed E-state index contributed by atoms with van der Waals surface area (Å²) >= 11 is 0. The zero-order valence-corrected chi connectivity index (χ0v) is 18.2. The number of hydrogen-bond acceptors (Lipinski definition) is 4. The molecule has 2 heterocycles. The molecule has 32 heavy (non-hydrogen) atoms. The van der Waals surface area contributed by atoms with Gasteiger partial charge in [-0.05, 0) is 42.6 Å². The summed E-state index contributed by atoms with van der Waals surface area (Å²) in [5.74, 6) is 0.310. The maximum absolute atomic E-state index is 12.2. The summed E-state index contributed by atoms with van der Waals surface area (Å²) in [5.41, 5.74) is 3.12. The number of para-hydroxylation sites is 1. The fourth-order valence-corrected chi connectivity index (χ4v) is 5.08. The molecule has 0 bridgehead atoms. The zero-order valence-electron chi connectivity index (χ0n) is 18.2. The average Bonchev–Trinajstić information content (AvgIpc) is 2.85. The van der Waals surface area contributed by atoms with E-state index in [9.17, 15) is 5.11 Å². The smallest absolute Gasteiger partial charge is 0.217 e. The number of pyridine rings is 1. The molecule has 1 aromatic heterocycles. The highest BCUT2D eigenvalue weighted by molar-refractivity contribution is 5.80. The highest BCUT2D eigenvalue weighted by atomic mass is 16.5. The molecule has 4 aromatic rings. The van der Waals surface area contributed by atoms with Gasteiger partial charge in [0.25, 0.3) is 0 Å². The number of hydrogen-bond donors (Lipinski definition) is 2. The first-order valence-corrected chi connectivity index (χ1v) is 11.2. The van der Waals surface area contributed by atoms with Crippen LogP contribution in [0.4, 0.5) is 0 Å². The molecule has 3 atom stereocenters. The number of nitrogens with one attached hydrogen (secondary N) is 1. The molecule has 0 radical (unpaired) electrons. The Morgan fingerprint density at radius 2 is 1.66 bits per heavy atom. The second kappa shape index (κ2) is 8.73. The number of nitrogens with zero attached hydrogens (tertiary/aromatic N) is 1. The van der Waals surface area contributed by atoms with Crippen LogP contribution >= 0.6 is 0 Å². The first-order valence-electron chi connectivity index (χ1n) is 11.2. The van der Waals surface area contributed by atoms with Crippen molar-refractivity contribution in [2.75, 3.05) is 13.7 Å². The molecular weight excluding hydrogens is 396 g/mol. The van der Waals surface area contributed by atoms with E-state index in [-0.39, 0.29) is 12.0 Å². The number of piperidine rings is 1. The largest absolute Gasteiger partial charge is 0.481 e. The van der Waals surface area contributed by atoms with Crippen LogP contribution in [0.25, 0.3) is 10.9 Å². The molecule has 3 aromatic carbocycles. The van der Waals surface area contributed by atoms with Crippen LogP contribution < -0.4 is 10.1 Å². The predicted molar refractivity (Wildman–Crippen MR) is 128 cm³/mol. The van der Waals surface area contributed by atoms with Crippen LogP contribution in [0.15, 0.2) is 91.0 Å². The minimum atomic E-state index is -0.954. The van der Waals surface area contributed by atoms with Crippen LogP contribution in [0.5, 0.6) is 5.88 Å². The van der Waals surface area contributed by atoms with Crippen LogP contribution in [0.3, 0.4) is 0 Å². The Balaban J connectivity index is 1.65. The van der Waals surface area contributed by atoms with Crippen LogP contribution in [0.1, 0.15) is 41.5 Å². The summed E-state index contributed by atoms with van der Waals surface area (Å²) in [6, 6.07) is 30.9. The number of methoxy groups -OCH3 is 1. The lowest BCUT2D eigenvalue weighted by atomic mass is 9.70. The summed E-state index contributed by atoms with van der Waals surface area (Å²) in [6.45, 7) is 0.739. The van der Waals surface area contributed by atoms with E-state index in [0.29, 0.717) is 18.7 Å². The Morgan fingerprint density at radius 3 is 2.41 bits per heavy atom. The molecule has 0 spiro atoms. The Morgan fingerprint density at radius 1 is 0.969 bits per heavy atom. The van der Waals surface area contributed by atoms with Crippen molar-refractivity contribution in [1.82, 2.24) is 10.3 Å². The normalized spacial score (nSPS) is 21.9. The lowest BCUT2D eigenvalue weighted by molar-refractivity contribution is -0.0196. The van der Waals surface area contributed by atoms with Crippen LogP contribution in [0, 0.1) is 0 Å². The Hall–Kier alpha value is -3.21. The molecule has 1 aliphatic rings. The third-order valence-electron chi connectivity index (χ3n) is 6.60. The Labute approximate surface area is 188 Å². The number of fused-ring (bicyclic) bond motifs is 1. The Kier molecular flexibility index (Phi) is 5.64. The molecule has 3 unspecified atom stereocenters. The number of benzene rings is 3. The molecule has 162 valence electrons. The van der Waals surface area contributed by atoms with E-state index in [1.807, 2.05) is 42.5 Å². The molecule has 0 aliphatic carbocycles. The van der Waals surface area contributed by atoms with Crippen molar-refractivity contribution < 1.29 is 9.84 Å². The summed E-state index contributed by atoms with van der Waals surface area (Å²) in [4.78, 5) is 4.79. The molecule has 4 heteroatoms. The predicted octanol–water partition coefficient (Wildman–Crippen LogP) is 5.23. The molecule has 4 nitrogen and oxygen atoms in total. The number of rotatable bonds is 5. The summed E-state index contributed by atoms with van der Waals surface area (Å²) < 4.78 is 5.77. The Bertz CT molecular complexity index is 1200. The van der Waals surface area contributed by atoms with Gasteiger partial charge in [0.15, 0.2) is 0 Å². The minimum Gasteiger partial charge on any atom is -0.481 e. The summed E-state index contributed by atoms with van der Waals surface area (Å²) in [6.07, 6.45) is 1.25. The van der Waals surface area contributed by atoms with Crippen molar-refractivity contribution in [1.29, 1.82) is 0 Å². The van der Waals surface area contributed by atoms with Crippen molar-refractivity contribution >= 4 is 10.9 Å². The van der Waals surface area contributed by atoms with Crippen LogP contribution in [-0.2, 0) is 0 Å². The van der Waals surface area contributed by atoms with Gasteiger partial charge in [0.05, 0.1) is 18.2 Å². The van der Waals surface area contributed by atoms with Gasteiger partial charge in [-0.1, -0.05) is 78.9 Å². The van der Waals surface area contributed by atoms with Gasteiger partial charge in [0.1, 0.15) is 0 Å². The lowest BCUT2D eigenvalue weighted by Gasteiger charge is -2.43. The second-order valence-electron chi connectivity index (χ2n) is 8.60. The number of aliphatic hydroxyl groups is 1. The first kappa shape index (κ1) is 20.7. The molecule has 0 saturated carbocycles. The van der Waals surface area contributed by atoms with Gasteiger partial charge in [-0.3, -0.25) is 0 Å². The first-order chi connectivity index (χ1) is 15.7. The van der Waals surface area contributed by atoms with E-state index in [4.69, 9.17) is 9.72 Å². The van der Waals surface area contributed by atoms with Crippen molar-refractivity contribution in [3.63, 3.8) is 0 Å². The summed E-state index contributed by atoms with van der Waals surface area (Å²) in [7, 11) is 1.65. The quantitative estimate of drug-likeness (QED) is 0.461. The highest BCUT2D eigenvalue weighted by Gasteiger charge is 2.44. The van der Waals surface area contributed by atoms with Gasteiger partial charge in [0, 0.05) is 22.9 Å². The van der Waals surface area contributed by atoms with Crippen molar-refractivity contribution in [3.8, 4) is 5.88 Å². The lowest BCUT2D eigenvalue weighted by Crippen LogP contribution is -2.48. The van der Waals surface area contributed by atoms with E-state index >= 15 is 0 Å². The number of aromatic nitrogens is 1. The molecular formula is C28H28N2O2. The van der Waals surface area contributed by atoms with E-state index in [2.05, 4.69) is 53.8 Å². The number of ether oxygens (including phenoxy) is 1.